The maximum Gasteiger partial charge on any atom is 0.118 e. The first-order valence-electron chi connectivity index (χ1n) is 9.89. The van der Waals surface area contributed by atoms with E-state index in [1.165, 1.54) is 22.2 Å². The molecular formula is C23H28N2O3. The first-order chi connectivity index (χ1) is 13.7. The fraction of sp³-hybridized carbons (Fsp3) is 0.391. The highest BCUT2D eigenvalue weighted by molar-refractivity contribution is 5.87. The summed E-state index contributed by atoms with van der Waals surface area (Å²) in [4.78, 5) is 2.45. The van der Waals surface area contributed by atoms with Crippen molar-refractivity contribution in [3.63, 3.8) is 0 Å². The summed E-state index contributed by atoms with van der Waals surface area (Å²) in [5.41, 5.74) is 4.95. The van der Waals surface area contributed by atoms with E-state index in [4.69, 9.17) is 9.47 Å². The quantitative estimate of drug-likeness (QED) is 0.710. The Balaban J connectivity index is 1.64. The molecule has 0 saturated carbocycles. The number of hydrogen-bond donors (Lipinski definition) is 1. The molecule has 1 saturated heterocycles. The lowest BCUT2D eigenvalue weighted by Crippen LogP contribution is -2.38. The van der Waals surface area contributed by atoms with E-state index in [0.29, 0.717) is 5.75 Å². The SMILES string of the molecule is COc1ccc(Cc2c(C)n(CCN3CCOCC3)c3cc(O)ccc23)cc1. The number of nitrogens with zero attached hydrogens (tertiary/aromatic N) is 2. The molecule has 0 amide bonds. The summed E-state index contributed by atoms with van der Waals surface area (Å²) in [5.74, 6) is 1.19. The van der Waals surface area contributed by atoms with Crippen LogP contribution in [0.3, 0.4) is 0 Å². The molecule has 0 bridgehead atoms. The molecule has 1 aliphatic heterocycles. The van der Waals surface area contributed by atoms with Crippen molar-refractivity contribution >= 4 is 10.9 Å². The number of fused-ring (bicyclic) bond motifs is 1. The van der Waals surface area contributed by atoms with Gasteiger partial charge < -0.3 is 19.1 Å². The molecule has 1 aromatic heterocycles. The van der Waals surface area contributed by atoms with Gasteiger partial charge in [0, 0.05) is 43.3 Å². The highest BCUT2D eigenvalue weighted by Gasteiger charge is 2.17. The van der Waals surface area contributed by atoms with Crippen molar-refractivity contribution in [2.24, 2.45) is 0 Å². The molecule has 2 aromatic carbocycles. The largest absolute Gasteiger partial charge is 0.508 e. The first kappa shape index (κ1) is 18.8. The molecule has 0 atom stereocenters. The van der Waals surface area contributed by atoms with Gasteiger partial charge in [0.25, 0.3) is 0 Å². The average molecular weight is 380 g/mol. The van der Waals surface area contributed by atoms with Gasteiger partial charge in [0.1, 0.15) is 11.5 Å². The van der Waals surface area contributed by atoms with Gasteiger partial charge in [-0.05, 0) is 48.7 Å². The second-order valence-electron chi connectivity index (χ2n) is 7.40. The van der Waals surface area contributed by atoms with Crippen molar-refractivity contribution in [3.05, 3.63) is 59.3 Å². The number of phenolic OH excluding ortho intramolecular Hbond substituents is 1. The van der Waals surface area contributed by atoms with E-state index in [9.17, 15) is 5.11 Å². The van der Waals surface area contributed by atoms with Gasteiger partial charge in [-0.1, -0.05) is 12.1 Å². The highest BCUT2D eigenvalue weighted by atomic mass is 16.5. The third-order valence-electron chi connectivity index (χ3n) is 5.72. The van der Waals surface area contributed by atoms with Crippen LogP contribution in [0.2, 0.25) is 0 Å². The number of ether oxygens (including phenoxy) is 2. The van der Waals surface area contributed by atoms with Crippen LogP contribution >= 0.6 is 0 Å². The molecule has 3 aromatic rings. The number of rotatable bonds is 6. The van der Waals surface area contributed by atoms with Gasteiger partial charge in [-0.3, -0.25) is 4.90 Å². The van der Waals surface area contributed by atoms with Crippen LogP contribution in [0.5, 0.6) is 11.5 Å². The van der Waals surface area contributed by atoms with Gasteiger partial charge in [-0.2, -0.15) is 0 Å². The van der Waals surface area contributed by atoms with Gasteiger partial charge >= 0.3 is 0 Å². The van der Waals surface area contributed by atoms with Crippen LogP contribution in [-0.4, -0.2) is 54.5 Å². The summed E-state index contributed by atoms with van der Waals surface area (Å²) >= 11 is 0. The topological polar surface area (TPSA) is 46.9 Å². The number of aromatic nitrogens is 1. The lowest BCUT2D eigenvalue weighted by atomic mass is 10.0. The molecule has 0 aliphatic carbocycles. The molecule has 28 heavy (non-hydrogen) atoms. The Morgan fingerprint density at radius 3 is 2.50 bits per heavy atom. The zero-order chi connectivity index (χ0) is 19.5. The molecule has 0 radical (unpaired) electrons. The number of phenols is 1. The van der Waals surface area contributed by atoms with E-state index in [1.54, 1.807) is 13.2 Å². The molecule has 0 unspecified atom stereocenters. The van der Waals surface area contributed by atoms with Crippen LogP contribution < -0.4 is 4.74 Å². The van der Waals surface area contributed by atoms with Crippen LogP contribution in [0.25, 0.3) is 10.9 Å². The standard InChI is InChI=1S/C23H28N2O3/c1-17-22(15-18-3-6-20(27-2)7-4-18)21-8-5-19(26)16-23(21)25(17)10-9-24-11-13-28-14-12-24/h3-8,16,26H,9-15H2,1-2H3. The Kier molecular flexibility index (Phi) is 5.55. The molecule has 4 rings (SSSR count). The minimum Gasteiger partial charge on any atom is -0.508 e. The summed E-state index contributed by atoms with van der Waals surface area (Å²) in [7, 11) is 1.69. The van der Waals surface area contributed by atoms with Crippen LogP contribution in [0.15, 0.2) is 42.5 Å². The summed E-state index contributed by atoms with van der Waals surface area (Å²) in [5, 5.41) is 11.3. The van der Waals surface area contributed by atoms with Crippen molar-refractivity contribution in [1.29, 1.82) is 0 Å². The number of aromatic hydroxyl groups is 1. The van der Waals surface area contributed by atoms with E-state index in [-0.39, 0.29) is 0 Å². The number of morpholine rings is 1. The summed E-state index contributed by atoms with van der Waals surface area (Å²) in [6.07, 6.45) is 0.863. The predicted octanol–water partition coefficient (Wildman–Crippen LogP) is 3.59. The van der Waals surface area contributed by atoms with Crippen LogP contribution in [0, 0.1) is 6.92 Å². The van der Waals surface area contributed by atoms with E-state index >= 15 is 0 Å². The van der Waals surface area contributed by atoms with Gasteiger partial charge in [-0.15, -0.1) is 0 Å². The maximum absolute atomic E-state index is 10.1. The number of hydrogen-bond acceptors (Lipinski definition) is 4. The predicted molar refractivity (Wildman–Crippen MR) is 111 cm³/mol. The van der Waals surface area contributed by atoms with E-state index < -0.39 is 0 Å². The van der Waals surface area contributed by atoms with Crippen LogP contribution in [-0.2, 0) is 17.7 Å². The fourth-order valence-corrected chi connectivity index (χ4v) is 4.06. The number of methoxy groups -OCH3 is 1. The van der Waals surface area contributed by atoms with Crippen molar-refractivity contribution < 1.29 is 14.6 Å². The summed E-state index contributed by atoms with van der Waals surface area (Å²) in [6.45, 7) is 7.70. The summed E-state index contributed by atoms with van der Waals surface area (Å²) in [6, 6.07) is 14.0. The zero-order valence-corrected chi connectivity index (χ0v) is 16.6. The van der Waals surface area contributed by atoms with Crippen LogP contribution in [0.1, 0.15) is 16.8 Å². The van der Waals surface area contributed by atoms with Crippen LogP contribution in [0.4, 0.5) is 0 Å². The third-order valence-corrected chi connectivity index (χ3v) is 5.72. The highest BCUT2D eigenvalue weighted by Crippen LogP contribution is 2.31. The normalized spacial score (nSPS) is 15.2. The Morgan fingerprint density at radius 1 is 1.04 bits per heavy atom. The molecule has 5 nitrogen and oxygen atoms in total. The van der Waals surface area contributed by atoms with Gasteiger partial charge in [0.2, 0.25) is 0 Å². The molecule has 1 aliphatic rings. The van der Waals surface area contributed by atoms with E-state index in [0.717, 1.165) is 57.1 Å². The second kappa shape index (κ2) is 8.25. The van der Waals surface area contributed by atoms with Crippen molar-refractivity contribution in [1.82, 2.24) is 9.47 Å². The molecule has 1 N–H and O–H groups in total. The molecule has 5 heteroatoms. The first-order valence-corrected chi connectivity index (χ1v) is 9.89. The Hall–Kier alpha value is -2.50. The molecule has 148 valence electrons. The number of benzene rings is 2. The average Bonchev–Trinajstić information content (AvgIpc) is 2.98. The van der Waals surface area contributed by atoms with Crippen molar-refractivity contribution in [3.8, 4) is 11.5 Å². The molecule has 0 spiro atoms. The summed E-state index contributed by atoms with van der Waals surface area (Å²) < 4.78 is 13.1. The van der Waals surface area contributed by atoms with Gasteiger partial charge in [0.05, 0.1) is 25.8 Å². The Morgan fingerprint density at radius 2 is 1.79 bits per heavy atom. The van der Waals surface area contributed by atoms with E-state index in [2.05, 4.69) is 28.5 Å². The van der Waals surface area contributed by atoms with Crippen molar-refractivity contribution in [2.45, 2.75) is 19.9 Å². The lowest BCUT2D eigenvalue weighted by molar-refractivity contribution is 0.0365. The Labute approximate surface area is 166 Å². The van der Waals surface area contributed by atoms with Gasteiger partial charge in [0.15, 0.2) is 0 Å². The van der Waals surface area contributed by atoms with E-state index in [1.807, 2.05) is 24.3 Å². The van der Waals surface area contributed by atoms with Gasteiger partial charge in [-0.25, -0.2) is 0 Å². The molecular weight excluding hydrogens is 352 g/mol. The Bertz CT molecular complexity index is 941. The lowest BCUT2D eigenvalue weighted by Gasteiger charge is -2.27. The monoisotopic (exact) mass is 380 g/mol. The minimum absolute atomic E-state index is 0.314. The maximum atomic E-state index is 10.1. The third kappa shape index (κ3) is 3.86. The minimum atomic E-state index is 0.314. The second-order valence-corrected chi connectivity index (χ2v) is 7.40. The fourth-order valence-electron chi connectivity index (χ4n) is 4.06. The smallest absolute Gasteiger partial charge is 0.118 e. The zero-order valence-electron chi connectivity index (χ0n) is 16.6. The molecule has 2 heterocycles. The van der Waals surface area contributed by atoms with Crippen molar-refractivity contribution in [2.75, 3.05) is 40.0 Å². The molecule has 1 fully saturated rings.